The zero-order valence-electron chi connectivity index (χ0n) is 16.6. The minimum atomic E-state index is -0.0852. The van der Waals surface area contributed by atoms with E-state index in [1.54, 1.807) is 14.1 Å². The van der Waals surface area contributed by atoms with Crippen molar-refractivity contribution in [3.05, 3.63) is 36.1 Å². The molecule has 1 aromatic heterocycles. The molecule has 0 bridgehead atoms. The summed E-state index contributed by atoms with van der Waals surface area (Å²) < 4.78 is 11.4. The molecule has 1 aliphatic heterocycles. The number of para-hydroxylation sites is 1. The molecule has 2 unspecified atom stereocenters. The van der Waals surface area contributed by atoms with Gasteiger partial charge in [0.1, 0.15) is 17.9 Å². The number of fused-ring (bicyclic) bond motifs is 1. The summed E-state index contributed by atoms with van der Waals surface area (Å²) in [6, 6.07) is 9.87. The first-order valence-electron chi connectivity index (χ1n) is 9.34. The molecule has 2 atom stereocenters. The van der Waals surface area contributed by atoms with Crippen molar-refractivity contribution in [1.29, 1.82) is 0 Å². The van der Waals surface area contributed by atoms with Crippen LogP contribution in [0.3, 0.4) is 0 Å². The number of benzene rings is 1. The molecule has 1 aromatic carbocycles. The van der Waals surface area contributed by atoms with E-state index in [1.807, 2.05) is 37.3 Å². The number of rotatable bonds is 6. The van der Waals surface area contributed by atoms with E-state index in [1.165, 1.54) is 4.90 Å². The van der Waals surface area contributed by atoms with Gasteiger partial charge in [-0.25, -0.2) is 4.99 Å². The second kappa shape index (κ2) is 10.7. The molecule has 2 N–H and O–H groups in total. The zero-order chi connectivity index (χ0) is 19.2. The molecular formula is C20H29IN4O3. The van der Waals surface area contributed by atoms with Crippen LogP contribution >= 0.6 is 24.0 Å². The summed E-state index contributed by atoms with van der Waals surface area (Å²) in [6.07, 6.45) is 1.04. The average Bonchev–Trinajstić information content (AvgIpc) is 3.32. The van der Waals surface area contributed by atoms with Crippen molar-refractivity contribution in [2.45, 2.75) is 19.4 Å². The van der Waals surface area contributed by atoms with E-state index in [0.29, 0.717) is 11.9 Å². The molecule has 28 heavy (non-hydrogen) atoms. The van der Waals surface area contributed by atoms with Crippen molar-refractivity contribution in [2.75, 3.05) is 40.4 Å². The average molecular weight is 500 g/mol. The number of carbonyl (C=O) groups is 1. The Balaban J connectivity index is 0.00000280. The highest BCUT2D eigenvalue weighted by molar-refractivity contribution is 14.0. The van der Waals surface area contributed by atoms with Gasteiger partial charge in [0.15, 0.2) is 5.96 Å². The van der Waals surface area contributed by atoms with Crippen LogP contribution in [-0.4, -0.2) is 57.2 Å². The smallest absolute Gasteiger partial charge is 0.243 e. The van der Waals surface area contributed by atoms with Gasteiger partial charge in [0, 0.05) is 38.6 Å². The second-order valence-corrected chi connectivity index (χ2v) is 7.12. The van der Waals surface area contributed by atoms with Crippen LogP contribution in [0.4, 0.5) is 0 Å². The van der Waals surface area contributed by atoms with Crippen LogP contribution in [0.2, 0.25) is 0 Å². The molecule has 1 fully saturated rings. The van der Waals surface area contributed by atoms with Gasteiger partial charge in [-0.2, -0.15) is 0 Å². The Hall–Kier alpha value is -1.81. The second-order valence-electron chi connectivity index (χ2n) is 7.12. The van der Waals surface area contributed by atoms with E-state index in [9.17, 15) is 4.79 Å². The van der Waals surface area contributed by atoms with Gasteiger partial charge in [0.05, 0.1) is 12.6 Å². The van der Waals surface area contributed by atoms with Crippen LogP contribution in [0.5, 0.6) is 0 Å². The molecule has 0 spiro atoms. The van der Waals surface area contributed by atoms with Crippen LogP contribution in [-0.2, 0) is 9.53 Å². The van der Waals surface area contributed by atoms with Gasteiger partial charge >= 0.3 is 0 Å². The van der Waals surface area contributed by atoms with Crippen molar-refractivity contribution in [3.63, 3.8) is 0 Å². The molecular weight excluding hydrogens is 471 g/mol. The number of ether oxygens (including phenoxy) is 1. The Morgan fingerprint density at radius 3 is 2.82 bits per heavy atom. The van der Waals surface area contributed by atoms with E-state index >= 15 is 0 Å². The Morgan fingerprint density at radius 1 is 1.36 bits per heavy atom. The Morgan fingerprint density at radius 2 is 2.14 bits per heavy atom. The fraction of sp³-hybridized carbons (Fsp3) is 0.500. The molecule has 2 aromatic rings. The number of aliphatic imine (C=N–C) groups is 1. The standard InChI is InChI=1S/C20H28N4O3.HI/c1-14(18-10-16-6-4-5-7-17(16)27-18)23-20(22-12-19(25)24(2)3)21-11-15-8-9-26-13-15;/h4-7,10,14-15H,8-9,11-13H2,1-3H3,(H2,21,22,23);1H. The normalized spacial score (nSPS) is 17.8. The molecule has 8 heteroatoms. The summed E-state index contributed by atoms with van der Waals surface area (Å²) in [7, 11) is 3.45. The third kappa shape index (κ3) is 6.10. The van der Waals surface area contributed by atoms with Crippen molar-refractivity contribution in [1.82, 2.24) is 15.5 Å². The van der Waals surface area contributed by atoms with Crippen molar-refractivity contribution in [3.8, 4) is 0 Å². The van der Waals surface area contributed by atoms with E-state index < -0.39 is 0 Å². The van der Waals surface area contributed by atoms with Crippen LogP contribution < -0.4 is 10.6 Å². The molecule has 0 aliphatic carbocycles. The van der Waals surface area contributed by atoms with Gasteiger partial charge in [0.2, 0.25) is 5.91 Å². The number of guanidine groups is 1. The minimum Gasteiger partial charge on any atom is -0.459 e. The van der Waals surface area contributed by atoms with Gasteiger partial charge in [-0.15, -0.1) is 24.0 Å². The van der Waals surface area contributed by atoms with Gasteiger partial charge in [-0.1, -0.05) is 18.2 Å². The van der Waals surface area contributed by atoms with Gasteiger partial charge in [-0.3, -0.25) is 4.79 Å². The minimum absolute atomic E-state index is 0. The van der Waals surface area contributed by atoms with Crippen LogP contribution in [0.1, 0.15) is 25.1 Å². The van der Waals surface area contributed by atoms with Crippen LogP contribution in [0.25, 0.3) is 11.0 Å². The molecule has 7 nitrogen and oxygen atoms in total. The fourth-order valence-electron chi connectivity index (χ4n) is 2.92. The lowest BCUT2D eigenvalue weighted by atomic mass is 10.1. The number of amides is 1. The monoisotopic (exact) mass is 500 g/mol. The van der Waals surface area contributed by atoms with Gasteiger partial charge in [0.25, 0.3) is 0 Å². The number of hydrogen-bond donors (Lipinski definition) is 2. The molecule has 1 saturated heterocycles. The lowest BCUT2D eigenvalue weighted by molar-refractivity contribution is -0.127. The molecule has 1 amide bonds. The third-order valence-electron chi connectivity index (χ3n) is 4.68. The Kier molecular flexibility index (Phi) is 8.56. The maximum Gasteiger partial charge on any atom is 0.243 e. The Labute approximate surface area is 182 Å². The molecule has 3 rings (SSSR count). The zero-order valence-corrected chi connectivity index (χ0v) is 18.9. The van der Waals surface area contributed by atoms with E-state index in [2.05, 4.69) is 15.6 Å². The predicted octanol–water partition coefficient (Wildman–Crippen LogP) is 2.77. The fourth-order valence-corrected chi connectivity index (χ4v) is 2.92. The summed E-state index contributed by atoms with van der Waals surface area (Å²) in [4.78, 5) is 17.9. The summed E-state index contributed by atoms with van der Waals surface area (Å²) >= 11 is 0. The first kappa shape index (κ1) is 22.5. The maximum atomic E-state index is 11.9. The highest BCUT2D eigenvalue weighted by Gasteiger charge is 2.18. The molecule has 0 saturated carbocycles. The molecule has 154 valence electrons. The first-order chi connectivity index (χ1) is 13.0. The summed E-state index contributed by atoms with van der Waals surface area (Å²) in [5.41, 5.74) is 0.860. The lowest BCUT2D eigenvalue weighted by Gasteiger charge is -2.19. The number of nitrogens with zero attached hydrogens (tertiary/aromatic N) is 2. The van der Waals surface area contributed by atoms with Crippen molar-refractivity contribution in [2.24, 2.45) is 10.9 Å². The summed E-state index contributed by atoms with van der Waals surface area (Å²) in [5, 5.41) is 7.75. The number of carbonyl (C=O) groups excluding carboxylic acids is 1. The van der Waals surface area contributed by atoms with E-state index in [0.717, 1.165) is 42.9 Å². The predicted molar refractivity (Wildman–Crippen MR) is 121 cm³/mol. The first-order valence-corrected chi connectivity index (χ1v) is 9.34. The van der Waals surface area contributed by atoms with Crippen LogP contribution in [0, 0.1) is 5.92 Å². The number of halogens is 1. The molecule has 1 aliphatic rings. The largest absolute Gasteiger partial charge is 0.459 e. The maximum absolute atomic E-state index is 11.9. The lowest BCUT2D eigenvalue weighted by Crippen LogP contribution is -2.42. The SMILES string of the molecule is CC(NC(=NCC(=O)N(C)C)NCC1CCOC1)c1cc2ccccc2o1.I. The summed E-state index contributed by atoms with van der Waals surface area (Å²) in [6.45, 7) is 4.43. The van der Waals surface area contributed by atoms with Crippen LogP contribution in [0.15, 0.2) is 39.7 Å². The van der Waals surface area contributed by atoms with E-state index in [4.69, 9.17) is 9.15 Å². The third-order valence-corrected chi connectivity index (χ3v) is 4.68. The van der Waals surface area contributed by atoms with Gasteiger partial charge < -0.3 is 24.7 Å². The number of nitrogens with one attached hydrogen (secondary N) is 2. The van der Waals surface area contributed by atoms with Gasteiger partial charge in [-0.05, 0) is 25.5 Å². The number of hydrogen-bond acceptors (Lipinski definition) is 4. The quantitative estimate of drug-likeness (QED) is 0.363. The number of likely N-dealkylation sites (N-methyl/N-ethyl adjacent to an activating group) is 1. The molecule has 2 heterocycles. The summed E-state index contributed by atoms with van der Waals surface area (Å²) in [5.74, 6) is 1.85. The van der Waals surface area contributed by atoms with Crippen molar-refractivity contribution >= 4 is 46.8 Å². The van der Waals surface area contributed by atoms with Crippen molar-refractivity contribution < 1.29 is 13.9 Å². The molecule has 0 radical (unpaired) electrons. The highest BCUT2D eigenvalue weighted by atomic mass is 127. The Bertz CT molecular complexity index is 767. The number of furan rings is 1. The highest BCUT2D eigenvalue weighted by Crippen LogP contribution is 2.23. The topological polar surface area (TPSA) is 79.1 Å². The van der Waals surface area contributed by atoms with E-state index in [-0.39, 0.29) is 42.5 Å².